The predicted molar refractivity (Wildman–Crippen MR) is 73.5 cm³/mol. The summed E-state index contributed by atoms with van der Waals surface area (Å²) in [6.45, 7) is 1.88. The van der Waals surface area contributed by atoms with Crippen LogP contribution >= 0.6 is 0 Å². The lowest BCUT2D eigenvalue weighted by Crippen LogP contribution is -2.43. The second-order valence-electron chi connectivity index (χ2n) is 5.44. The first-order valence-corrected chi connectivity index (χ1v) is 6.71. The third kappa shape index (κ3) is 3.13. The highest BCUT2D eigenvalue weighted by molar-refractivity contribution is 5.77. The van der Waals surface area contributed by atoms with E-state index in [0.717, 1.165) is 31.5 Å². The Morgan fingerprint density at radius 3 is 2.68 bits per heavy atom. The van der Waals surface area contributed by atoms with Gasteiger partial charge in [-0.25, -0.2) is 4.39 Å². The lowest BCUT2D eigenvalue weighted by Gasteiger charge is -2.40. The molecule has 0 atom stereocenters. The summed E-state index contributed by atoms with van der Waals surface area (Å²) in [6.07, 6.45) is 2.21. The molecule has 0 bridgehead atoms. The summed E-state index contributed by atoms with van der Waals surface area (Å²) in [4.78, 5) is 14.1. The van der Waals surface area contributed by atoms with Crippen molar-refractivity contribution in [3.63, 3.8) is 0 Å². The van der Waals surface area contributed by atoms with Crippen molar-refractivity contribution in [1.82, 2.24) is 10.2 Å². The van der Waals surface area contributed by atoms with E-state index < -0.39 is 0 Å². The topological polar surface area (TPSA) is 32.3 Å². The van der Waals surface area contributed by atoms with Gasteiger partial charge in [0.05, 0.1) is 0 Å². The molecule has 4 heteroatoms. The molecular formula is C15H21FN2O. The Bertz CT molecular complexity index is 453. The van der Waals surface area contributed by atoms with Gasteiger partial charge in [0.25, 0.3) is 0 Å². The first-order chi connectivity index (χ1) is 9.05. The van der Waals surface area contributed by atoms with Gasteiger partial charge in [-0.3, -0.25) is 4.79 Å². The predicted octanol–water partition coefficient (Wildman–Crippen LogP) is 1.93. The van der Waals surface area contributed by atoms with Gasteiger partial charge in [-0.15, -0.1) is 0 Å². The van der Waals surface area contributed by atoms with Crippen LogP contribution < -0.4 is 5.32 Å². The van der Waals surface area contributed by atoms with Gasteiger partial charge >= 0.3 is 0 Å². The number of amides is 1. The number of hydrogen-bond donors (Lipinski definition) is 1. The standard InChI is InChI=1S/C15H21FN2O/c1-17-14(19)11-15(6-8-18(2)9-7-15)12-4-3-5-13(16)10-12/h3-5,10H,6-9,11H2,1-2H3,(H,17,19). The van der Waals surface area contributed by atoms with Crippen molar-refractivity contribution in [1.29, 1.82) is 0 Å². The third-order valence-electron chi connectivity index (χ3n) is 4.16. The molecule has 1 aromatic rings. The second-order valence-corrected chi connectivity index (χ2v) is 5.44. The Labute approximate surface area is 113 Å². The average Bonchev–Trinajstić information content (AvgIpc) is 2.41. The lowest BCUT2D eigenvalue weighted by molar-refractivity contribution is -0.122. The van der Waals surface area contributed by atoms with Crippen molar-refractivity contribution in [3.05, 3.63) is 35.6 Å². The zero-order valence-corrected chi connectivity index (χ0v) is 11.6. The van der Waals surface area contributed by atoms with Crippen LogP contribution in [0.25, 0.3) is 0 Å². The summed E-state index contributed by atoms with van der Waals surface area (Å²) in [5.74, 6) is -0.207. The zero-order chi connectivity index (χ0) is 13.9. The number of nitrogens with one attached hydrogen (secondary N) is 1. The van der Waals surface area contributed by atoms with Crippen LogP contribution in [0.1, 0.15) is 24.8 Å². The molecule has 1 aliphatic heterocycles. The number of hydrogen-bond acceptors (Lipinski definition) is 2. The minimum absolute atomic E-state index is 0.0221. The van der Waals surface area contributed by atoms with E-state index in [4.69, 9.17) is 0 Å². The van der Waals surface area contributed by atoms with Gasteiger partial charge in [-0.1, -0.05) is 12.1 Å². The van der Waals surface area contributed by atoms with Crippen molar-refractivity contribution in [2.75, 3.05) is 27.2 Å². The van der Waals surface area contributed by atoms with Crippen molar-refractivity contribution >= 4 is 5.91 Å². The molecule has 0 saturated carbocycles. The Morgan fingerprint density at radius 2 is 2.11 bits per heavy atom. The number of likely N-dealkylation sites (tertiary alicyclic amines) is 1. The first kappa shape index (κ1) is 14.0. The fourth-order valence-corrected chi connectivity index (χ4v) is 2.83. The van der Waals surface area contributed by atoms with Crippen LogP contribution in [0.5, 0.6) is 0 Å². The molecule has 0 spiro atoms. The maximum Gasteiger partial charge on any atom is 0.220 e. The van der Waals surface area contributed by atoms with Gasteiger partial charge in [-0.2, -0.15) is 0 Å². The van der Waals surface area contributed by atoms with Crippen molar-refractivity contribution in [2.45, 2.75) is 24.7 Å². The maximum absolute atomic E-state index is 13.5. The quantitative estimate of drug-likeness (QED) is 0.904. The van der Waals surface area contributed by atoms with Gasteiger partial charge in [0.1, 0.15) is 5.82 Å². The van der Waals surface area contributed by atoms with Crippen molar-refractivity contribution < 1.29 is 9.18 Å². The Hall–Kier alpha value is -1.42. The fourth-order valence-electron chi connectivity index (χ4n) is 2.83. The molecule has 1 fully saturated rings. The molecule has 0 radical (unpaired) electrons. The van der Waals surface area contributed by atoms with Gasteiger partial charge in [-0.05, 0) is 50.7 Å². The number of carbonyl (C=O) groups is 1. The maximum atomic E-state index is 13.5. The molecule has 1 aromatic carbocycles. The highest BCUT2D eigenvalue weighted by Gasteiger charge is 2.37. The Morgan fingerprint density at radius 1 is 1.42 bits per heavy atom. The van der Waals surface area contributed by atoms with Crippen LogP contribution in [0.3, 0.4) is 0 Å². The molecule has 0 aromatic heterocycles. The summed E-state index contributed by atoms with van der Waals surface area (Å²) < 4.78 is 13.5. The Balaban J connectivity index is 2.31. The largest absolute Gasteiger partial charge is 0.359 e. The molecule has 0 unspecified atom stereocenters. The van der Waals surface area contributed by atoms with E-state index >= 15 is 0 Å². The zero-order valence-electron chi connectivity index (χ0n) is 11.6. The van der Waals surface area contributed by atoms with E-state index in [-0.39, 0.29) is 17.1 Å². The van der Waals surface area contributed by atoms with Gasteiger partial charge in [0.2, 0.25) is 5.91 Å². The van der Waals surface area contributed by atoms with E-state index in [1.165, 1.54) is 6.07 Å². The van der Waals surface area contributed by atoms with Gasteiger partial charge in [0.15, 0.2) is 0 Å². The van der Waals surface area contributed by atoms with Crippen LogP contribution in [0, 0.1) is 5.82 Å². The van der Waals surface area contributed by atoms with Crippen LogP contribution in [-0.2, 0) is 10.2 Å². The smallest absolute Gasteiger partial charge is 0.220 e. The number of rotatable bonds is 3. The first-order valence-electron chi connectivity index (χ1n) is 6.71. The van der Waals surface area contributed by atoms with Gasteiger partial charge in [0, 0.05) is 18.9 Å². The van der Waals surface area contributed by atoms with E-state index in [1.54, 1.807) is 19.2 Å². The van der Waals surface area contributed by atoms with E-state index in [9.17, 15) is 9.18 Å². The molecular weight excluding hydrogens is 243 g/mol. The minimum atomic E-state index is -0.229. The fraction of sp³-hybridized carbons (Fsp3) is 0.533. The number of nitrogens with zero attached hydrogens (tertiary/aromatic N) is 1. The second kappa shape index (κ2) is 5.70. The number of halogens is 1. The molecule has 104 valence electrons. The lowest BCUT2D eigenvalue weighted by atomic mass is 9.70. The summed E-state index contributed by atoms with van der Waals surface area (Å²) in [5, 5.41) is 2.69. The van der Waals surface area contributed by atoms with E-state index in [1.807, 2.05) is 6.07 Å². The number of carbonyl (C=O) groups excluding carboxylic acids is 1. The third-order valence-corrected chi connectivity index (χ3v) is 4.16. The number of piperidine rings is 1. The molecule has 1 heterocycles. The van der Waals surface area contributed by atoms with Crippen molar-refractivity contribution in [2.24, 2.45) is 0 Å². The molecule has 1 amide bonds. The van der Waals surface area contributed by atoms with Crippen LogP contribution in [0.2, 0.25) is 0 Å². The molecule has 0 aliphatic carbocycles. The van der Waals surface area contributed by atoms with Crippen LogP contribution in [0.4, 0.5) is 4.39 Å². The summed E-state index contributed by atoms with van der Waals surface area (Å²) in [6, 6.07) is 6.70. The van der Waals surface area contributed by atoms with Gasteiger partial charge < -0.3 is 10.2 Å². The summed E-state index contributed by atoms with van der Waals surface area (Å²) in [7, 11) is 3.73. The Kier molecular flexibility index (Phi) is 4.20. The molecule has 19 heavy (non-hydrogen) atoms. The molecule has 3 nitrogen and oxygen atoms in total. The molecule has 2 rings (SSSR count). The van der Waals surface area contributed by atoms with E-state index in [0.29, 0.717) is 6.42 Å². The SMILES string of the molecule is CNC(=O)CC1(c2cccc(F)c2)CCN(C)CC1. The molecule has 1 N–H and O–H groups in total. The van der Waals surface area contributed by atoms with Crippen LogP contribution in [0.15, 0.2) is 24.3 Å². The highest BCUT2D eigenvalue weighted by atomic mass is 19.1. The normalized spacial score (nSPS) is 19.1. The molecule has 1 aliphatic rings. The number of benzene rings is 1. The average molecular weight is 264 g/mol. The molecule has 1 saturated heterocycles. The van der Waals surface area contributed by atoms with Crippen LogP contribution in [-0.4, -0.2) is 38.0 Å². The highest BCUT2D eigenvalue weighted by Crippen LogP contribution is 2.38. The monoisotopic (exact) mass is 264 g/mol. The summed E-state index contributed by atoms with van der Waals surface area (Å²) >= 11 is 0. The minimum Gasteiger partial charge on any atom is -0.359 e. The summed E-state index contributed by atoms with van der Waals surface area (Å²) in [5.41, 5.74) is 0.721. The van der Waals surface area contributed by atoms with E-state index in [2.05, 4.69) is 17.3 Å². The van der Waals surface area contributed by atoms with Crippen molar-refractivity contribution in [3.8, 4) is 0 Å².